The molecule has 2 heterocycles. The Morgan fingerprint density at radius 3 is 2.63 bits per heavy atom. The number of hydrogen-bond acceptors (Lipinski definition) is 7. The first-order valence-corrected chi connectivity index (χ1v) is 15.9. The van der Waals surface area contributed by atoms with Gasteiger partial charge in [0, 0.05) is 32.1 Å². The summed E-state index contributed by atoms with van der Waals surface area (Å²) in [6, 6.07) is 0. The monoisotopic (exact) mass is 564 g/mol. The van der Waals surface area contributed by atoms with Crippen LogP contribution < -0.4 is 9.64 Å². The zero-order valence-corrected chi connectivity index (χ0v) is 25.3. The van der Waals surface area contributed by atoms with E-state index in [-0.39, 0.29) is 41.0 Å². The molecule has 1 amide bonds. The van der Waals surface area contributed by atoms with Gasteiger partial charge >= 0.3 is 0 Å². The second-order valence-corrected chi connectivity index (χ2v) is 14.1. The fraction of sp³-hybridized carbons (Fsp3) is 0.758. The number of amides is 1. The standard InChI is InChI=1S/C33H48N4O4/c1-21(29(39)18-30(40)37-15-13-36(14-16-37)28-19-34-20-35-31(28)41-4)25-7-8-26-24-6-5-22-17-23(38)9-11-32(22,2)27(24)10-12-33(25,26)3/h5,19-21,23-27,38H,6-18H2,1-4H3/t21-,23+,24+,25-,26+,27+,32+,33+/m1/s1. The van der Waals surface area contributed by atoms with Crippen LogP contribution in [0.2, 0.25) is 0 Å². The number of rotatable bonds is 6. The number of aliphatic hydroxyl groups is 1. The number of allylic oxidation sites excluding steroid dienone is 1. The second-order valence-electron chi connectivity index (χ2n) is 14.1. The Kier molecular flexibility index (Phi) is 7.66. The quantitative estimate of drug-likeness (QED) is 0.396. The zero-order chi connectivity index (χ0) is 28.9. The molecule has 5 aliphatic rings. The maximum Gasteiger partial charge on any atom is 0.240 e. The SMILES string of the molecule is COc1ncncc1N1CCN(C(=O)CC(=O)[C@H](C)[C@H]2CC[C@H]3[C@@H]4CC=C5C[C@@H](O)CC[C@]5(C)[C@H]4CC[C@@]23C)CC1. The number of ketones is 1. The van der Waals surface area contributed by atoms with E-state index < -0.39 is 0 Å². The molecule has 1 aliphatic heterocycles. The highest BCUT2D eigenvalue weighted by Gasteiger charge is 2.59. The summed E-state index contributed by atoms with van der Waals surface area (Å²) in [5.41, 5.74) is 2.75. The molecule has 6 rings (SSSR count). The molecule has 0 unspecified atom stereocenters. The largest absolute Gasteiger partial charge is 0.479 e. The summed E-state index contributed by atoms with van der Waals surface area (Å²) >= 11 is 0. The Morgan fingerprint density at radius 2 is 1.88 bits per heavy atom. The number of aliphatic hydroxyl groups excluding tert-OH is 1. The molecule has 41 heavy (non-hydrogen) atoms. The minimum absolute atomic E-state index is 0.00866. The highest BCUT2D eigenvalue weighted by Crippen LogP contribution is 2.67. The molecule has 4 fully saturated rings. The number of fused-ring (bicyclic) bond motifs is 5. The van der Waals surface area contributed by atoms with Crippen LogP contribution >= 0.6 is 0 Å². The van der Waals surface area contributed by atoms with Crippen molar-refractivity contribution in [3.63, 3.8) is 0 Å². The number of nitrogens with zero attached hydrogens (tertiary/aromatic N) is 4. The first kappa shape index (κ1) is 28.6. The number of aromatic nitrogens is 2. The third-order valence-corrected chi connectivity index (χ3v) is 12.4. The lowest BCUT2D eigenvalue weighted by Crippen LogP contribution is -2.51. The second kappa shape index (κ2) is 11.0. The fourth-order valence-electron chi connectivity index (χ4n) is 10.0. The van der Waals surface area contributed by atoms with Crippen LogP contribution in [0.5, 0.6) is 5.88 Å². The van der Waals surface area contributed by atoms with E-state index in [0.717, 1.165) is 37.8 Å². The van der Waals surface area contributed by atoms with Crippen molar-refractivity contribution in [1.82, 2.24) is 14.9 Å². The van der Waals surface area contributed by atoms with Gasteiger partial charge in [0.25, 0.3) is 0 Å². The molecule has 1 aromatic rings. The van der Waals surface area contributed by atoms with E-state index >= 15 is 0 Å². The van der Waals surface area contributed by atoms with Gasteiger partial charge in [-0.25, -0.2) is 9.97 Å². The first-order chi connectivity index (χ1) is 19.7. The van der Waals surface area contributed by atoms with Crippen molar-refractivity contribution in [2.24, 2.45) is 40.4 Å². The van der Waals surface area contributed by atoms with Crippen LogP contribution in [0.3, 0.4) is 0 Å². The summed E-state index contributed by atoms with van der Waals surface area (Å²) in [5.74, 6) is 2.89. The minimum Gasteiger partial charge on any atom is -0.479 e. The van der Waals surface area contributed by atoms with Crippen LogP contribution in [0.25, 0.3) is 0 Å². The Morgan fingerprint density at radius 1 is 1.10 bits per heavy atom. The molecule has 4 aliphatic carbocycles. The van der Waals surface area contributed by atoms with Crippen molar-refractivity contribution in [2.75, 3.05) is 38.2 Å². The third-order valence-electron chi connectivity index (χ3n) is 12.4. The zero-order valence-electron chi connectivity index (χ0n) is 25.3. The van der Waals surface area contributed by atoms with E-state index in [1.807, 2.05) is 4.90 Å². The number of piperazine rings is 1. The van der Waals surface area contributed by atoms with Crippen LogP contribution in [0, 0.1) is 40.4 Å². The lowest BCUT2D eigenvalue weighted by atomic mass is 9.47. The van der Waals surface area contributed by atoms with Crippen molar-refractivity contribution in [2.45, 2.75) is 84.7 Å². The maximum atomic E-state index is 13.6. The van der Waals surface area contributed by atoms with Gasteiger partial charge in [-0.3, -0.25) is 9.59 Å². The fourth-order valence-corrected chi connectivity index (χ4v) is 10.0. The topological polar surface area (TPSA) is 95.9 Å². The lowest BCUT2D eigenvalue weighted by molar-refractivity contribution is -0.138. The van der Waals surface area contributed by atoms with Crippen LogP contribution in [0.1, 0.15) is 78.6 Å². The number of carbonyl (C=O) groups excluding carboxylic acids is 2. The Bertz CT molecular complexity index is 1200. The van der Waals surface area contributed by atoms with Gasteiger partial charge in [-0.15, -0.1) is 0 Å². The number of anilines is 1. The molecular formula is C33H48N4O4. The summed E-state index contributed by atoms with van der Waals surface area (Å²) < 4.78 is 5.38. The number of hydrogen-bond donors (Lipinski definition) is 1. The average Bonchev–Trinajstić information content (AvgIpc) is 3.34. The summed E-state index contributed by atoms with van der Waals surface area (Å²) in [5, 5.41) is 10.3. The van der Waals surface area contributed by atoms with Crippen molar-refractivity contribution >= 4 is 17.4 Å². The highest BCUT2D eigenvalue weighted by atomic mass is 16.5. The molecule has 0 spiro atoms. The maximum absolute atomic E-state index is 13.6. The van der Waals surface area contributed by atoms with E-state index in [9.17, 15) is 14.7 Å². The van der Waals surface area contributed by atoms with E-state index in [4.69, 9.17) is 4.74 Å². The summed E-state index contributed by atoms with van der Waals surface area (Å²) in [6.07, 6.45) is 14.2. The van der Waals surface area contributed by atoms with Crippen molar-refractivity contribution < 1.29 is 19.4 Å². The van der Waals surface area contributed by atoms with Gasteiger partial charge in [0.1, 0.15) is 17.8 Å². The molecule has 1 N–H and O–H groups in total. The summed E-state index contributed by atoms with van der Waals surface area (Å²) in [4.78, 5) is 39.2. The smallest absolute Gasteiger partial charge is 0.240 e. The summed E-state index contributed by atoms with van der Waals surface area (Å²) in [6.45, 7) is 9.52. The molecule has 8 atom stereocenters. The molecule has 0 bridgehead atoms. The van der Waals surface area contributed by atoms with Crippen LogP contribution in [-0.4, -0.2) is 71.1 Å². The third kappa shape index (κ3) is 4.88. The van der Waals surface area contributed by atoms with Crippen LogP contribution in [0.15, 0.2) is 24.2 Å². The van der Waals surface area contributed by atoms with Gasteiger partial charge in [-0.05, 0) is 85.9 Å². The highest BCUT2D eigenvalue weighted by molar-refractivity contribution is 5.99. The van der Waals surface area contributed by atoms with Gasteiger partial charge in [-0.2, -0.15) is 0 Å². The molecular weight excluding hydrogens is 516 g/mol. The van der Waals surface area contributed by atoms with Gasteiger partial charge in [-0.1, -0.05) is 32.4 Å². The van der Waals surface area contributed by atoms with E-state index in [2.05, 4.69) is 41.7 Å². The van der Waals surface area contributed by atoms with E-state index in [1.54, 1.807) is 13.3 Å². The van der Waals surface area contributed by atoms with Crippen LogP contribution in [0.4, 0.5) is 5.69 Å². The van der Waals surface area contributed by atoms with E-state index in [1.165, 1.54) is 31.2 Å². The molecule has 1 aromatic heterocycles. The van der Waals surface area contributed by atoms with Gasteiger partial charge in [0.2, 0.25) is 11.8 Å². The predicted octanol–water partition coefficient (Wildman–Crippen LogP) is 4.67. The molecule has 1 saturated heterocycles. The number of ether oxygens (including phenoxy) is 1. The molecule has 8 nitrogen and oxygen atoms in total. The minimum atomic E-state index is -0.170. The Labute approximate surface area is 244 Å². The number of methoxy groups -OCH3 is 1. The van der Waals surface area contributed by atoms with Crippen molar-refractivity contribution in [1.29, 1.82) is 0 Å². The normalized spacial score (nSPS) is 37.4. The Balaban J connectivity index is 1.07. The first-order valence-electron chi connectivity index (χ1n) is 15.9. The predicted molar refractivity (Wildman–Crippen MR) is 157 cm³/mol. The molecule has 8 heteroatoms. The summed E-state index contributed by atoms with van der Waals surface area (Å²) in [7, 11) is 1.60. The van der Waals surface area contributed by atoms with E-state index in [0.29, 0.717) is 55.7 Å². The van der Waals surface area contributed by atoms with Crippen molar-refractivity contribution in [3.8, 4) is 5.88 Å². The molecule has 0 radical (unpaired) electrons. The lowest BCUT2D eigenvalue weighted by Gasteiger charge is -2.58. The van der Waals surface area contributed by atoms with Gasteiger partial charge in [0.15, 0.2) is 0 Å². The van der Waals surface area contributed by atoms with Crippen molar-refractivity contribution in [3.05, 3.63) is 24.2 Å². The number of Topliss-reactive ketones (excluding diaryl/α,β-unsaturated/α-hetero) is 1. The van der Waals surface area contributed by atoms with Gasteiger partial charge in [0.05, 0.1) is 25.8 Å². The molecule has 3 saturated carbocycles. The number of carbonyl (C=O) groups is 2. The molecule has 0 aromatic carbocycles. The van der Waals surface area contributed by atoms with Gasteiger partial charge < -0.3 is 19.6 Å². The van der Waals surface area contributed by atoms with Crippen LogP contribution in [-0.2, 0) is 9.59 Å². The molecule has 224 valence electrons. The average molecular weight is 565 g/mol. The Hall–Kier alpha value is -2.48.